The molecule has 1 unspecified atom stereocenters. The van der Waals surface area contributed by atoms with E-state index in [-0.39, 0.29) is 17.7 Å². The average Bonchev–Trinajstić information content (AvgIpc) is 2.66. The molecule has 2 rings (SSSR count). The molecule has 0 aliphatic carbocycles. The zero-order valence-electron chi connectivity index (χ0n) is 16.8. The Bertz CT molecular complexity index is 699. The molecule has 1 aliphatic heterocycles. The van der Waals surface area contributed by atoms with Crippen LogP contribution in [0, 0.1) is 5.92 Å². The van der Waals surface area contributed by atoms with E-state index in [0.717, 1.165) is 11.3 Å². The Kier molecular flexibility index (Phi) is 7.66. The zero-order valence-corrected chi connectivity index (χ0v) is 16.8. The number of nitrogens with zero attached hydrogens (tertiary/aromatic N) is 2. The van der Waals surface area contributed by atoms with Gasteiger partial charge in [-0.25, -0.2) is 4.79 Å². The van der Waals surface area contributed by atoms with Gasteiger partial charge >= 0.3 is 6.03 Å². The molecule has 1 aromatic rings. The van der Waals surface area contributed by atoms with Crippen LogP contribution in [0.5, 0.6) is 5.75 Å². The SMILES string of the molecule is COc1cccc(CC(=O)N2CCN(C(=O)C(CC(C)C)NC(N)=O)CC2)c1. The number of hydrogen-bond acceptors (Lipinski definition) is 4. The summed E-state index contributed by atoms with van der Waals surface area (Å²) in [5, 5.41) is 2.54. The predicted molar refractivity (Wildman–Crippen MR) is 106 cm³/mol. The van der Waals surface area contributed by atoms with Crippen LogP contribution in [0.2, 0.25) is 0 Å². The van der Waals surface area contributed by atoms with Gasteiger partial charge in [0.15, 0.2) is 0 Å². The monoisotopic (exact) mass is 390 g/mol. The third-order valence-electron chi connectivity index (χ3n) is 4.76. The second kappa shape index (κ2) is 9.96. The molecule has 0 bridgehead atoms. The molecule has 154 valence electrons. The largest absolute Gasteiger partial charge is 0.497 e. The van der Waals surface area contributed by atoms with Gasteiger partial charge in [0, 0.05) is 26.2 Å². The molecule has 0 saturated carbocycles. The van der Waals surface area contributed by atoms with E-state index < -0.39 is 12.1 Å². The summed E-state index contributed by atoms with van der Waals surface area (Å²) in [6.07, 6.45) is 0.821. The van der Waals surface area contributed by atoms with Gasteiger partial charge in [-0.3, -0.25) is 9.59 Å². The average molecular weight is 390 g/mol. The number of benzene rings is 1. The van der Waals surface area contributed by atoms with Crippen molar-refractivity contribution in [3.8, 4) is 5.75 Å². The van der Waals surface area contributed by atoms with Gasteiger partial charge < -0.3 is 25.6 Å². The van der Waals surface area contributed by atoms with Crippen molar-refractivity contribution >= 4 is 17.8 Å². The van der Waals surface area contributed by atoms with E-state index in [1.165, 1.54) is 0 Å². The summed E-state index contributed by atoms with van der Waals surface area (Å²) < 4.78 is 5.19. The van der Waals surface area contributed by atoms with Crippen LogP contribution < -0.4 is 15.8 Å². The third kappa shape index (κ3) is 6.14. The fraction of sp³-hybridized carbons (Fsp3) is 0.550. The molecular weight excluding hydrogens is 360 g/mol. The molecule has 1 heterocycles. The van der Waals surface area contributed by atoms with Crippen LogP contribution in [0.3, 0.4) is 0 Å². The van der Waals surface area contributed by atoms with Crippen LogP contribution in [0.1, 0.15) is 25.8 Å². The Labute approximate surface area is 166 Å². The summed E-state index contributed by atoms with van der Waals surface area (Å²) in [5.74, 6) is 0.840. The topological polar surface area (TPSA) is 105 Å². The molecule has 3 N–H and O–H groups in total. The highest BCUT2D eigenvalue weighted by Gasteiger charge is 2.30. The number of piperazine rings is 1. The lowest BCUT2D eigenvalue weighted by atomic mass is 10.0. The number of urea groups is 1. The van der Waals surface area contributed by atoms with Crippen molar-refractivity contribution in [2.24, 2.45) is 11.7 Å². The first kappa shape index (κ1) is 21.5. The summed E-state index contributed by atoms with van der Waals surface area (Å²) in [6, 6.07) is 6.11. The highest BCUT2D eigenvalue weighted by molar-refractivity contribution is 5.87. The van der Waals surface area contributed by atoms with Gasteiger partial charge in [-0.15, -0.1) is 0 Å². The maximum absolute atomic E-state index is 12.7. The molecule has 1 atom stereocenters. The van der Waals surface area contributed by atoms with Crippen molar-refractivity contribution in [3.63, 3.8) is 0 Å². The second-order valence-corrected chi connectivity index (χ2v) is 7.43. The molecular formula is C20H30N4O4. The van der Waals surface area contributed by atoms with Crippen LogP contribution in [0.25, 0.3) is 0 Å². The van der Waals surface area contributed by atoms with Crippen LogP contribution in [0.4, 0.5) is 4.79 Å². The molecule has 1 aliphatic rings. The standard InChI is InChI=1S/C20H30N4O4/c1-14(2)11-17(22-20(21)27)19(26)24-9-7-23(8-10-24)18(25)13-15-5-4-6-16(12-15)28-3/h4-6,12,14,17H,7-11,13H2,1-3H3,(H3,21,22,27). The molecule has 1 saturated heterocycles. The maximum Gasteiger partial charge on any atom is 0.312 e. The molecule has 0 radical (unpaired) electrons. The van der Waals surface area contributed by atoms with Gasteiger partial charge in [0.25, 0.3) is 0 Å². The predicted octanol–water partition coefficient (Wildman–Crippen LogP) is 0.992. The second-order valence-electron chi connectivity index (χ2n) is 7.43. The lowest BCUT2D eigenvalue weighted by molar-refractivity contribution is -0.140. The first-order valence-electron chi connectivity index (χ1n) is 9.55. The number of nitrogens with one attached hydrogen (secondary N) is 1. The molecule has 4 amide bonds. The van der Waals surface area contributed by atoms with E-state index in [2.05, 4.69) is 5.32 Å². The van der Waals surface area contributed by atoms with Crippen LogP contribution in [-0.4, -0.2) is 67.0 Å². The Balaban J connectivity index is 1.90. The number of methoxy groups -OCH3 is 1. The van der Waals surface area contributed by atoms with Crippen molar-refractivity contribution in [1.82, 2.24) is 15.1 Å². The number of amides is 4. The van der Waals surface area contributed by atoms with Gasteiger partial charge in [0.1, 0.15) is 11.8 Å². The van der Waals surface area contributed by atoms with Crippen LogP contribution >= 0.6 is 0 Å². The van der Waals surface area contributed by atoms with Crippen molar-refractivity contribution in [1.29, 1.82) is 0 Å². The molecule has 0 aromatic heterocycles. The van der Waals surface area contributed by atoms with Crippen molar-refractivity contribution < 1.29 is 19.1 Å². The quantitative estimate of drug-likeness (QED) is 0.724. The minimum absolute atomic E-state index is 0.0225. The van der Waals surface area contributed by atoms with E-state index in [4.69, 9.17) is 10.5 Å². The number of primary amides is 1. The summed E-state index contributed by atoms with van der Waals surface area (Å²) in [5.41, 5.74) is 6.10. The fourth-order valence-electron chi connectivity index (χ4n) is 3.33. The number of hydrogen-bond donors (Lipinski definition) is 2. The minimum Gasteiger partial charge on any atom is -0.497 e. The smallest absolute Gasteiger partial charge is 0.312 e. The minimum atomic E-state index is -0.703. The van der Waals surface area contributed by atoms with Gasteiger partial charge in [-0.05, 0) is 30.0 Å². The van der Waals surface area contributed by atoms with Gasteiger partial charge in [-0.1, -0.05) is 26.0 Å². The fourth-order valence-corrected chi connectivity index (χ4v) is 3.33. The highest BCUT2D eigenvalue weighted by atomic mass is 16.5. The summed E-state index contributed by atoms with van der Waals surface area (Å²) in [7, 11) is 1.59. The Morgan fingerprint density at radius 1 is 1.14 bits per heavy atom. The maximum atomic E-state index is 12.7. The Hall–Kier alpha value is -2.77. The van der Waals surface area contributed by atoms with E-state index in [1.54, 1.807) is 16.9 Å². The van der Waals surface area contributed by atoms with Gasteiger partial charge in [0.2, 0.25) is 11.8 Å². The number of nitrogens with two attached hydrogens (primary N) is 1. The number of rotatable bonds is 7. The number of carbonyl (C=O) groups excluding carboxylic acids is 3. The molecule has 1 aromatic carbocycles. The molecule has 28 heavy (non-hydrogen) atoms. The zero-order chi connectivity index (χ0) is 20.7. The van der Waals surface area contributed by atoms with E-state index in [0.29, 0.717) is 39.0 Å². The molecule has 1 fully saturated rings. The first-order chi connectivity index (χ1) is 13.3. The molecule has 0 spiro atoms. The first-order valence-corrected chi connectivity index (χ1v) is 9.55. The Morgan fingerprint density at radius 2 is 1.79 bits per heavy atom. The van der Waals surface area contributed by atoms with Crippen molar-refractivity contribution in [3.05, 3.63) is 29.8 Å². The van der Waals surface area contributed by atoms with Gasteiger partial charge in [-0.2, -0.15) is 0 Å². The van der Waals surface area contributed by atoms with Crippen LogP contribution in [-0.2, 0) is 16.0 Å². The van der Waals surface area contributed by atoms with Crippen molar-refractivity contribution in [2.45, 2.75) is 32.7 Å². The van der Waals surface area contributed by atoms with Gasteiger partial charge in [0.05, 0.1) is 13.5 Å². The number of carbonyl (C=O) groups is 3. The lowest BCUT2D eigenvalue weighted by Crippen LogP contribution is -2.56. The third-order valence-corrected chi connectivity index (χ3v) is 4.76. The summed E-state index contributed by atoms with van der Waals surface area (Å²) in [4.78, 5) is 40.0. The van der Waals surface area contributed by atoms with Crippen molar-refractivity contribution in [2.75, 3.05) is 33.3 Å². The lowest BCUT2D eigenvalue weighted by Gasteiger charge is -2.36. The van der Waals surface area contributed by atoms with Crippen LogP contribution in [0.15, 0.2) is 24.3 Å². The Morgan fingerprint density at radius 3 is 2.36 bits per heavy atom. The molecule has 8 nitrogen and oxygen atoms in total. The van der Waals surface area contributed by atoms with E-state index in [1.807, 2.05) is 38.1 Å². The number of ether oxygens (including phenoxy) is 1. The highest BCUT2D eigenvalue weighted by Crippen LogP contribution is 2.15. The summed E-state index contributed by atoms with van der Waals surface area (Å²) in [6.45, 7) is 5.80. The van der Waals surface area contributed by atoms with E-state index >= 15 is 0 Å². The summed E-state index contributed by atoms with van der Waals surface area (Å²) >= 11 is 0. The molecule has 8 heteroatoms. The normalized spacial score (nSPS) is 15.3. The van der Waals surface area contributed by atoms with E-state index in [9.17, 15) is 14.4 Å².